The van der Waals surface area contributed by atoms with Crippen molar-refractivity contribution in [2.45, 2.75) is 63.1 Å². The predicted molar refractivity (Wildman–Crippen MR) is 132 cm³/mol. The van der Waals surface area contributed by atoms with Crippen LogP contribution in [0, 0.1) is 0 Å². The number of methoxy groups -OCH3 is 1. The summed E-state index contributed by atoms with van der Waals surface area (Å²) in [5, 5.41) is 3.78. The van der Waals surface area contributed by atoms with Gasteiger partial charge in [-0.3, -0.25) is 9.69 Å². The smallest absolute Gasteiger partial charge is 0.253 e. The number of carbonyl (C=O) groups is 1. The van der Waals surface area contributed by atoms with Crippen LogP contribution in [0.4, 0.5) is 0 Å². The normalized spacial score (nSPS) is 24.7. The molecule has 0 bridgehead atoms. The Morgan fingerprint density at radius 2 is 1.76 bits per heavy atom. The third kappa shape index (κ3) is 4.80. The Bertz CT molecular complexity index is 936. The highest BCUT2D eigenvalue weighted by atomic mass is 16.5. The summed E-state index contributed by atoms with van der Waals surface area (Å²) in [4.78, 5) is 17.7. The van der Waals surface area contributed by atoms with E-state index in [9.17, 15) is 4.79 Å². The quantitative estimate of drug-likeness (QED) is 0.726. The van der Waals surface area contributed by atoms with Crippen LogP contribution in [0.2, 0.25) is 0 Å². The SMILES string of the molecule is COc1cccc(C(c2ccc(C(=O)N3CCCCC3)cc2)N2CCCC3NCCCC32)c1. The summed E-state index contributed by atoms with van der Waals surface area (Å²) in [7, 11) is 1.73. The van der Waals surface area contributed by atoms with Gasteiger partial charge in [0.2, 0.25) is 0 Å². The molecule has 5 rings (SSSR count). The molecule has 3 aliphatic rings. The number of fused-ring (bicyclic) bond motifs is 1. The molecule has 5 nitrogen and oxygen atoms in total. The monoisotopic (exact) mass is 447 g/mol. The molecule has 0 saturated carbocycles. The highest BCUT2D eigenvalue weighted by Crippen LogP contribution is 2.37. The van der Waals surface area contributed by atoms with Crippen molar-refractivity contribution in [3.8, 4) is 5.75 Å². The van der Waals surface area contributed by atoms with E-state index in [1.165, 1.54) is 43.2 Å². The fourth-order valence-electron chi connectivity index (χ4n) is 6.08. The van der Waals surface area contributed by atoms with Gasteiger partial charge in [-0.05, 0) is 93.4 Å². The lowest BCUT2D eigenvalue weighted by Crippen LogP contribution is -2.57. The third-order valence-electron chi connectivity index (χ3n) is 7.76. The first kappa shape index (κ1) is 22.4. The van der Waals surface area contributed by atoms with Crippen molar-refractivity contribution >= 4 is 5.91 Å². The molecular weight excluding hydrogens is 410 g/mol. The van der Waals surface area contributed by atoms with Gasteiger partial charge in [0.05, 0.1) is 13.2 Å². The third-order valence-corrected chi connectivity index (χ3v) is 7.76. The molecule has 3 atom stereocenters. The first-order valence-electron chi connectivity index (χ1n) is 12.8. The van der Waals surface area contributed by atoms with Gasteiger partial charge >= 0.3 is 0 Å². The summed E-state index contributed by atoms with van der Waals surface area (Å²) in [6.45, 7) is 4.00. The number of nitrogens with one attached hydrogen (secondary N) is 1. The van der Waals surface area contributed by atoms with Crippen LogP contribution < -0.4 is 10.1 Å². The predicted octanol–water partition coefficient (Wildman–Crippen LogP) is 4.63. The highest BCUT2D eigenvalue weighted by Gasteiger charge is 2.38. The molecule has 5 heteroatoms. The summed E-state index contributed by atoms with van der Waals surface area (Å²) in [5.41, 5.74) is 3.32. The Morgan fingerprint density at radius 3 is 2.55 bits per heavy atom. The van der Waals surface area contributed by atoms with Crippen molar-refractivity contribution in [2.24, 2.45) is 0 Å². The molecule has 2 aromatic rings. The van der Waals surface area contributed by atoms with E-state index in [2.05, 4.69) is 40.5 Å². The lowest BCUT2D eigenvalue weighted by molar-refractivity contribution is 0.0609. The molecule has 3 heterocycles. The van der Waals surface area contributed by atoms with Gasteiger partial charge in [-0.1, -0.05) is 24.3 Å². The molecule has 2 aromatic carbocycles. The fraction of sp³-hybridized carbons (Fsp3) is 0.536. The van der Waals surface area contributed by atoms with E-state index in [0.29, 0.717) is 12.1 Å². The summed E-state index contributed by atoms with van der Waals surface area (Å²) < 4.78 is 5.57. The van der Waals surface area contributed by atoms with Crippen LogP contribution in [-0.2, 0) is 0 Å². The van der Waals surface area contributed by atoms with Crippen LogP contribution in [-0.4, -0.2) is 61.1 Å². The van der Waals surface area contributed by atoms with Crippen molar-refractivity contribution in [1.29, 1.82) is 0 Å². The molecule has 3 unspecified atom stereocenters. The fourth-order valence-corrected chi connectivity index (χ4v) is 6.08. The van der Waals surface area contributed by atoms with E-state index in [-0.39, 0.29) is 11.9 Å². The van der Waals surface area contributed by atoms with Crippen molar-refractivity contribution in [2.75, 3.05) is 33.3 Å². The van der Waals surface area contributed by atoms with Crippen molar-refractivity contribution in [3.05, 3.63) is 65.2 Å². The highest BCUT2D eigenvalue weighted by molar-refractivity contribution is 5.94. The molecule has 0 radical (unpaired) electrons. The Balaban J connectivity index is 1.47. The number of hydrogen-bond acceptors (Lipinski definition) is 4. The second-order valence-corrected chi connectivity index (χ2v) is 9.80. The Labute approximate surface area is 198 Å². The first-order chi connectivity index (χ1) is 16.2. The molecule has 0 aromatic heterocycles. The van der Waals surface area contributed by atoms with Gasteiger partial charge in [0.1, 0.15) is 5.75 Å². The number of hydrogen-bond donors (Lipinski definition) is 1. The molecule has 3 saturated heterocycles. The van der Waals surface area contributed by atoms with E-state index in [1.807, 2.05) is 23.1 Å². The summed E-state index contributed by atoms with van der Waals surface area (Å²) in [5.74, 6) is 1.07. The average Bonchev–Trinajstić information content (AvgIpc) is 2.89. The van der Waals surface area contributed by atoms with Gasteiger partial charge < -0.3 is 15.0 Å². The van der Waals surface area contributed by atoms with E-state index >= 15 is 0 Å². The number of nitrogens with zero attached hydrogens (tertiary/aromatic N) is 2. The maximum Gasteiger partial charge on any atom is 0.253 e. The maximum atomic E-state index is 13.0. The lowest BCUT2D eigenvalue weighted by atomic mass is 9.85. The number of ether oxygens (including phenoxy) is 1. The van der Waals surface area contributed by atoms with Crippen LogP contribution in [0.1, 0.15) is 72.5 Å². The molecule has 3 aliphatic heterocycles. The molecule has 0 aliphatic carbocycles. The summed E-state index contributed by atoms with van der Waals surface area (Å²) in [6, 6.07) is 18.2. The minimum Gasteiger partial charge on any atom is -0.497 e. The first-order valence-corrected chi connectivity index (χ1v) is 12.8. The number of rotatable bonds is 5. The minimum absolute atomic E-state index is 0.159. The number of carbonyl (C=O) groups excluding carboxylic acids is 1. The zero-order chi connectivity index (χ0) is 22.6. The van der Waals surface area contributed by atoms with Crippen molar-refractivity contribution in [1.82, 2.24) is 15.1 Å². The van der Waals surface area contributed by atoms with Crippen molar-refractivity contribution < 1.29 is 9.53 Å². The molecule has 176 valence electrons. The molecule has 3 fully saturated rings. The number of benzene rings is 2. The zero-order valence-corrected chi connectivity index (χ0v) is 19.8. The summed E-state index contributed by atoms with van der Waals surface area (Å²) >= 11 is 0. The minimum atomic E-state index is 0.159. The molecule has 1 N–H and O–H groups in total. The molecule has 33 heavy (non-hydrogen) atoms. The number of likely N-dealkylation sites (tertiary alicyclic amines) is 2. The van der Waals surface area contributed by atoms with Crippen LogP contribution >= 0.6 is 0 Å². The Kier molecular flexibility index (Phi) is 6.98. The zero-order valence-electron chi connectivity index (χ0n) is 19.8. The standard InChI is InChI=1S/C28H37N3O2/c1-33-24-9-5-8-23(20-24)27(31-19-7-10-25-26(31)11-6-16-29-25)21-12-14-22(15-13-21)28(32)30-17-3-2-4-18-30/h5,8-9,12-15,20,25-27,29H,2-4,6-7,10-11,16-19H2,1H3. The summed E-state index contributed by atoms with van der Waals surface area (Å²) in [6.07, 6.45) is 8.41. The largest absolute Gasteiger partial charge is 0.497 e. The Morgan fingerprint density at radius 1 is 0.939 bits per heavy atom. The maximum absolute atomic E-state index is 13.0. The van der Waals surface area contributed by atoms with Crippen molar-refractivity contribution in [3.63, 3.8) is 0 Å². The van der Waals surface area contributed by atoms with Gasteiger partial charge in [-0.25, -0.2) is 0 Å². The van der Waals surface area contributed by atoms with E-state index in [1.54, 1.807) is 7.11 Å². The molecule has 1 amide bonds. The van der Waals surface area contributed by atoms with Crippen LogP contribution in [0.15, 0.2) is 48.5 Å². The van der Waals surface area contributed by atoms with Crippen LogP contribution in [0.25, 0.3) is 0 Å². The van der Waals surface area contributed by atoms with E-state index in [0.717, 1.165) is 50.3 Å². The second-order valence-electron chi connectivity index (χ2n) is 9.80. The average molecular weight is 448 g/mol. The van der Waals surface area contributed by atoms with Gasteiger partial charge in [-0.2, -0.15) is 0 Å². The van der Waals surface area contributed by atoms with Gasteiger partial charge in [-0.15, -0.1) is 0 Å². The van der Waals surface area contributed by atoms with Gasteiger partial charge in [0, 0.05) is 30.7 Å². The van der Waals surface area contributed by atoms with Gasteiger partial charge in [0.15, 0.2) is 0 Å². The van der Waals surface area contributed by atoms with Crippen LogP contribution in [0.5, 0.6) is 5.75 Å². The molecular formula is C28H37N3O2. The van der Waals surface area contributed by atoms with Crippen LogP contribution in [0.3, 0.4) is 0 Å². The topological polar surface area (TPSA) is 44.8 Å². The molecule has 0 spiro atoms. The second kappa shape index (κ2) is 10.3. The van der Waals surface area contributed by atoms with E-state index in [4.69, 9.17) is 4.74 Å². The lowest BCUT2D eigenvalue weighted by Gasteiger charge is -2.48. The Hall–Kier alpha value is -2.37. The number of amides is 1. The van der Waals surface area contributed by atoms with Gasteiger partial charge in [0.25, 0.3) is 5.91 Å². The number of piperidine rings is 3. The van der Waals surface area contributed by atoms with E-state index < -0.39 is 0 Å².